The normalized spacial score (nSPS) is 12.3. The molecule has 0 aliphatic carbocycles. The first-order valence-electron chi connectivity index (χ1n) is 7.11. The monoisotopic (exact) mass is 313 g/mol. The van der Waals surface area contributed by atoms with Crippen LogP contribution >= 0.6 is 22.7 Å². The lowest BCUT2D eigenvalue weighted by molar-refractivity contribution is 0.802. The fourth-order valence-corrected chi connectivity index (χ4v) is 4.13. The van der Waals surface area contributed by atoms with Gasteiger partial charge in [-0.1, -0.05) is 18.2 Å². The largest absolute Gasteiger partial charge is 0.377 e. The first kappa shape index (κ1) is 14.4. The summed E-state index contributed by atoms with van der Waals surface area (Å²) < 4.78 is 0. The molecule has 1 N–H and O–H groups in total. The summed E-state index contributed by atoms with van der Waals surface area (Å²) in [6.45, 7) is 4.30. The maximum absolute atomic E-state index is 3.72. The molecule has 108 valence electrons. The second kappa shape index (κ2) is 6.46. The Morgan fingerprint density at radius 1 is 0.952 bits per heavy atom. The Morgan fingerprint density at radius 3 is 2.29 bits per heavy atom. The minimum Gasteiger partial charge on any atom is -0.377 e. The van der Waals surface area contributed by atoms with Gasteiger partial charge in [0.1, 0.15) is 0 Å². The smallest absolute Gasteiger partial charge is 0.0654 e. The number of nitrogens with one attached hydrogen (secondary N) is 1. The Kier molecular flexibility index (Phi) is 4.42. The van der Waals surface area contributed by atoms with Gasteiger partial charge in [-0.25, -0.2) is 0 Å². The van der Waals surface area contributed by atoms with E-state index >= 15 is 0 Å². The third-order valence-electron chi connectivity index (χ3n) is 3.43. The molecule has 1 aromatic carbocycles. The quantitative estimate of drug-likeness (QED) is 0.625. The minimum absolute atomic E-state index is 0.338. The van der Waals surface area contributed by atoms with Crippen LogP contribution in [0.25, 0.3) is 0 Å². The zero-order chi connectivity index (χ0) is 14.7. The molecular weight excluding hydrogens is 294 g/mol. The SMILES string of the molecule is Cc1cc(C)cc(NC(Cc2cccs2)c2cccs2)c1. The fourth-order valence-electron chi connectivity index (χ4n) is 2.60. The molecule has 0 radical (unpaired) electrons. The Labute approximate surface area is 134 Å². The summed E-state index contributed by atoms with van der Waals surface area (Å²) in [6.07, 6.45) is 1.03. The van der Waals surface area contributed by atoms with E-state index in [1.165, 1.54) is 26.6 Å². The lowest BCUT2D eigenvalue weighted by Crippen LogP contribution is -2.12. The summed E-state index contributed by atoms with van der Waals surface area (Å²) in [5.41, 5.74) is 3.82. The third kappa shape index (κ3) is 3.74. The zero-order valence-electron chi connectivity index (χ0n) is 12.3. The van der Waals surface area contributed by atoms with Crippen molar-refractivity contribution in [3.63, 3.8) is 0 Å². The Morgan fingerprint density at radius 2 is 1.67 bits per heavy atom. The van der Waals surface area contributed by atoms with E-state index in [-0.39, 0.29) is 0 Å². The van der Waals surface area contributed by atoms with Crippen molar-refractivity contribution in [3.05, 3.63) is 74.1 Å². The number of hydrogen-bond acceptors (Lipinski definition) is 3. The van der Waals surface area contributed by atoms with Gasteiger partial charge in [0.15, 0.2) is 0 Å². The van der Waals surface area contributed by atoms with Crippen molar-refractivity contribution in [2.75, 3.05) is 5.32 Å². The minimum atomic E-state index is 0.338. The Balaban J connectivity index is 1.85. The average Bonchev–Trinajstić information content (AvgIpc) is 3.10. The lowest BCUT2D eigenvalue weighted by atomic mass is 10.1. The number of anilines is 1. The average molecular weight is 313 g/mol. The van der Waals surface area contributed by atoms with Crippen LogP contribution in [0.4, 0.5) is 5.69 Å². The molecule has 21 heavy (non-hydrogen) atoms. The predicted molar refractivity (Wildman–Crippen MR) is 94.6 cm³/mol. The van der Waals surface area contributed by atoms with Crippen molar-refractivity contribution in [1.82, 2.24) is 0 Å². The van der Waals surface area contributed by atoms with Crippen molar-refractivity contribution in [3.8, 4) is 0 Å². The molecule has 1 atom stereocenters. The molecule has 0 bridgehead atoms. The molecule has 2 heterocycles. The molecule has 0 aliphatic heterocycles. The summed E-state index contributed by atoms with van der Waals surface area (Å²) in [4.78, 5) is 2.81. The number of thiophene rings is 2. The van der Waals surface area contributed by atoms with Crippen LogP contribution in [0.3, 0.4) is 0 Å². The number of aryl methyl sites for hydroxylation is 2. The third-order valence-corrected chi connectivity index (χ3v) is 5.32. The van der Waals surface area contributed by atoms with Crippen LogP contribution in [0, 0.1) is 13.8 Å². The van der Waals surface area contributed by atoms with Crippen molar-refractivity contribution < 1.29 is 0 Å². The second-order valence-corrected chi connectivity index (χ2v) is 7.38. The summed E-state index contributed by atoms with van der Waals surface area (Å²) >= 11 is 3.65. The van der Waals surface area contributed by atoms with Crippen LogP contribution in [-0.4, -0.2) is 0 Å². The van der Waals surface area contributed by atoms with E-state index < -0.39 is 0 Å². The molecule has 1 nitrogen and oxygen atoms in total. The van der Waals surface area contributed by atoms with E-state index in [2.05, 4.69) is 72.4 Å². The number of benzene rings is 1. The van der Waals surface area contributed by atoms with E-state index in [9.17, 15) is 0 Å². The van der Waals surface area contributed by atoms with Gasteiger partial charge in [-0.15, -0.1) is 22.7 Å². The van der Waals surface area contributed by atoms with Gasteiger partial charge in [0.05, 0.1) is 6.04 Å². The summed E-state index contributed by atoms with van der Waals surface area (Å²) in [5.74, 6) is 0. The summed E-state index contributed by atoms with van der Waals surface area (Å²) in [7, 11) is 0. The molecule has 0 saturated carbocycles. The Hall–Kier alpha value is -1.58. The summed E-state index contributed by atoms with van der Waals surface area (Å²) in [6, 6.07) is 15.7. The summed E-state index contributed by atoms with van der Waals surface area (Å²) in [5, 5.41) is 8.02. The molecule has 0 spiro atoms. The van der Waals surface area contributed by atoms with Gasteiger partial charge in [-0.2, -0.15) is 0 Å². The van der Waals surface area contributed by atoms with E-state index in [1.54, 1.807) is 0 Å². The topological polar surface area (TPSA) is 12.0 Å². The fraction of sp³-hybridized carbons (Fsp3) is 0.222. The lowest BCUT2D eigenvalue weighted by Gasteiger charge is -2.19. The standard InChI is InChI=1S/C18H19NS2/c1-13-9-14(2)11-15(10-13)19-17(18-6-4-8-21-18)12-16-5-3-7-20-16/h3-11,17,19H,12H2,1-2H3. The molecule has 3 heteroatoms. The van der Waals surface area contributed by atoms with Crippen molar-refractivity contribution in [2.24, 2.45) is 0 Å². The molecular formula is C18H19NS2. The molecule has 0 saturated heterocycles. The van der Waals surface area contributed by atoms with Gasteiger partial charge < -0.3 is 5.32 Å². The van der Waals surface area contributed by atoms with E-state index in [4.69, 9.17) is 0 Å². The first-order valence-corrected chi connectivity index (χ1v) is 8.87. The van der Waals surface area contributed by atoms with Crippen molar-refractivity contribution in [1.29, 1.82) is 0 Å². The first-order chi connectivity index (χ1) is 10.2. The number of hydrogen-bond donors (Lipinski definition) is 1. The van der Waals surface area contributed by atoms with Gasteiger partial charge in [0.25, 0.3) is 0 Å². The molecule has 0 aliphatic rings. The van der Waals surface area contributed by atoms with Crippen LogP contribution in [0.5, 0.6) is 0 Å². The molecule has 0 fully saturated rings. The highest BCUT2D eigenvalue weighted by Gasteiger charge is 2.14. The second-order valence-electron chi connectivity index (χ2n) is 5.37. The van der Waals surface area contributed by atoms with Crippen molar-refractivity contribution in [2.45, 2.75) is 26.3 Å². The molecule has 2 aromatic heterocycles. The predicted octanol–water partition coefficient (Wildman–Crippen LogP) is 5.82. The highest BCUT2D eigenvalue weighted by molar-refractivity contribution is 7.10. The highest BCUT2D eigenvalue weighted by atomic mass is 32.1. The maximum Gasteiger partial charge on any atom is 0.0654 e. The zero-order valence-corrected chi connectivity index (χ0v) is 13.9. The van der Waals surface area contributed by atoms with E-state index in [0.717, 1.165) is 6.42 Å². The van der Waals surface area contributed by atoms with E-state index in [1.807, 2.05) is 22.7 Å². The molecule has 0 amide bonds. The van der Waals surface area contributed by atoms with Gasteiger partial charge in [-0.3, -0.25) is 0 Å². The maximum atomic E-state index is 3.72. The van der Waals surface area contributed by atoms with Crippen LogP contribution in [0.1, 0.15) is 26.9 Å². The molecule has 3 rings (SSSR count). The van der Waals surface area contributed by atoms with Gasteiger partial charge in [-0.05, 0) is 60.0 Å². The van der Waals surface area contributed by atoms with Gasteiger partial charge in [0, 0.05) is 21.9 Å². The van der Waals surface area contributed by atoms with Crippen LogP contribution in [0.2, 0.25) is 0 Å². The van der Waals surface area contributed by atoms with E-state index in [0.29, 0.717) is 6.04 Å². The number of rotatable bonds is 5. The van der Waals surface area contributed by atoms with Crippen LogP contribution in [0.15, 0.2) is 53.2 Å². The van der Waals surface area contributed by atoms with Gasteiger partial charge >= 0.3 is 0 Å². The van der Waals surface area contributed by atoms with Crippen LogP contribution < -0.4 is 5.32 Å². The van der Waals surface area contributed by atoms with Gasteiger partial charge in [0.2, 0.25) is 0 Å². The highest BCUT2D eigenvalue weighted by Crippen LogP contribution is 2.29. The van der Waals surface area contributed by atoms with Crippen molar-refractivity contribution >= 4 is 28.4 Å². The molecule has 3 aromatic rings. The van der Waals surface area contributed by atoms with Crippen LogP contribution in [-0.2, 0) is 6.42 Å². The molecule has 1 unspecified atom stereocenters. The Bertz CT molecular complexity index is 664.